The van der Waals surface area contributed by atoms with Gasteiger partial charge in [0.1, 0.15) is 0 Å². The number of hydrogen-bond donors (Lipinski definition) is 0. The second-order valence-electron chi connectivity index (χ2n) is 8.79. The molecule has 1 aliphatic carbocycles. The molecule has 1 fully saturated rings. The van der Waals surface area contributed by atoms with Crippen LogP contribution in [0.15, 0.2) is 36.5 Å². The number of aromatic nitrogens is 3. The van der Waals surface area contributed by atoms with Gasteiger partial charge >= 0.3 is 0 Å². The van der Waals surface area contributed by atoms with E-state index in [2.05, 4.69) is 62.0 Å². The maximum absolute atomic E-state index is 13.6. The molecule has 0 unspecified atom stereocenters. The van der Waals surface area contributed by atoms with Gasteiger partial charge in [-0.25, -0.2) is 9.67 Å². The third-order valence-electron chi connectivity index (χ3n) is 5.66. The van der Waals surface area contributed by atoms with Crippen molar-refractivity contribution < 1.29 is 4.79 Å². The molecule has 0 radical (unpaired) electrons. The molecule has 0 aliphatic heterocycles. The van der Waals surface area contributed by atoms with Crippen LogP contribution in [0.4, 0.5) is 0 Å². The molecule has 1 amide bonds. The average Bonchev–Trinajstić information content (AvgIpc) is 3.43. The highest BCUT2D eigenvalue weighted by Gasteiger charge is 2.34. The summed E-state index contributed by atoms with van der Waals surface area (Å²) in [5.41, 5.74) is 4.85. The Morgan fingerprint density at radius 1 is 1.17 bits per heavy atom. The van der Waals surface area contributed by atoms with Crippen LogP contribution >= 0.6 is 0 Å². The lowest BCUT2D eigenvalue weighted by atomic mass is 10.0. The van der Waals surface area contributed by atoms with E-state index in [1.54, 1.807) is 6.20 Å². The lowest BCUT2D eigenvalue weighted by molar-refractivity contribution is 0.0731. The van der Waals surface area contributed by atoms with Crippen LogP contribution in [0.5, 0.6) is 0 Å². The highest BCUT2D eigenvalue weighted by molar-refractivity contribution is 6.05. The van der Waals surface area contributed by atoms with Crippen LogP contribution in [0.25, 0.3) is 11.0 Å². The number of fused-ring (bicyclic) bond motifs is 1. The number of hydrogen-bond acceptors (Lipinski definition) is 3. The molecule has 29 heavy (non-hydrogen) atoms. The van der Waals surface area contributed by atoms with Gasteiger partial charge in [0.25, 0.3) is 5.91 Å². The molecule has 2 aromatic heterocycles. The molecule has 5 heteroatoms. The van der Waals surface area contributed by atoms with Gasteiger partial charge in [-0.2, -0.15) is 5.10 Å². The minimum Gasteiger partial charge on any atom is -0.331 e. The Balaban J connectivity index is 1.67. The van der Waals surface area contributed by atoms with Crippen LogP contribution in [-0.4, -0.2) is 31.6 Å². The van der Waals surface area contributed by atoms with Gasteiger partial charge in [-0.3, -0.25) is 4.79 Å². The third-order valence-corrected chi connectivity index (χ3v) is 5.66. The summed E-state index contributed by atoms with van der Waals surface area (Å²) in [6.45, 7) is 11.1. The summed E-state index contributed by atoms with van der Waals surface area (Å²) in [7, 11) is 0. The molecular formula is C24H30N4O. The van der Waals surface area contributed by atoms with E-state index >= 15 is 0 Å². The third kappa shape index (κ3) is 3.91. The molecular weight excluding hydrogens is 360 g/mol. The summed E-state index contributed by atoms with van der Waals surface area (Å²) in [6.07, 6.45) is 3.94. The molecule has 2 heterocycles. The van der Waals surface area contributed by atoms with Gasteiger partial charge in [0.05, 0.1) is 17.1 Å². The first kappa shape index (κ1) is 19.6. The van der Waals surface area contributed by atoms with Crippen LogP contribution in [0.1, 0.15) is 79.7 Å². The Labute approximate surface area is 172 Å². The van der Waals surface area contributed by atoms with Crippen molar-refractivity contribution >= 4 is 16.9 Å². The molecule has 5 nitrogen and oxygen atoms in total. The van der Waals surface area contributed by atoms with Crippen molar-refractivity contribution in [2.75, 3.05) is 0 Å². The second-order valence-corrected chi connectivity index (χ2v) is 8.79. The summed E-state index contributed by atoms with van der Waals surface area (Å²) in [4.78, 5) is 20.3. The predicted octanol–water partition coefficient (Wildman–Crippen LogP) is 5.25. The largest absolute Gasteiger partial charge is 0.331 e. The molecule has 1 aliphatic rings. The van der Waals surface area contributed by atoms with Gasteiger partial charge in [-0.1, -0.05) is 38.1 Å². The number of carbonyl (C=O) groups is 1. The Kier molecular flexibility index (Phi) is 5.15. The van der Waals surface area contributed by atoms with Crippen LogP contribution in [0, 0.1) is 6.92 Å². The molecule has 0 saturated heterocycles. The van der Waals surface area contributed by atoms with E-state index < -0.39 is 0 Å². The number of amides is 1. The fourth-order valence-corrected chi connectivity index (χ4v) is 3.81. The van der Waals surface area contributed by atoms with Crippen molar-refractivity contribution in [1.29, 1.82) is 0 Å². The maximum Gasteiger partial charge on any atom is 0.255 e. The smallest absolute Gasteiger partial charge is 0.255 e. The van der Waals surface area contributed by atoms with Crippen LogP contribution in [0.2, 0.25) is 0 Å². The molecule has 0 spiro atoms. The fourth-order valence-electron chi connectivity index (χ4n) is 3.81. The Morgan fingerprint density at radius 3 is 2.45 bits per heavy atom. The topological polar surface area (TPSA) is 51.0 Å². The number of aryl methyl sites for hydroxylation is 1. The van der Waals surface area contributed by atoms with Gasteiger partial charge in [-0.05, 0) is 56.7 Å². The lowest BCUT2D eigenvalue weighted by Crippen LogP contribution is -2.32. The highest BCUT2D eigenvalue weighted by Crippen LogP contribution is 2.32. The van der Waals surface area contributed by atoms with Gasteiger partial charge in [0.2, 0.25) is 0 Å². The SMILES string of the molecule is Cc1cc(C(=O)N(Cc2ccc(C(C)C)cc2)C2CC2)c2cnn(C(C)C)c2n1. The van der Waals surface area contributed by atoms with Crippen LogP contribution in [0.3, 0.4) is 0 Å². The van der Waals surface area contributed by atoms with Crippen molar-refractivity contribution in [3.8, 4) is 0 Å². The number of pyridine rings is 1. The first-order valence-electron chi connectivity index (χ1n) is 10.6. The molecule has 3 aromatic rings. The first-order valence-corrected chi connectivity index (χ1v) is 10.6. The molecule has 152 valence electrons. The molecule has 4 rings (SSSR count). The van der Waals surface area contributed by atoms with Crippen molar-refractivity contribution in [3.05, 3.63) is 58.9 Å². The zero-order valence-electron chi connectivity index (χ0n) is 18.0. The normalized spacial score (nSPS) is 14.2. The number of rotatable bonds is 6. The van der Waals surface area contributed by atoms with E-state index in [9.17, 15) is 4.79 Å². The van der Waals surface area contributed by atoms with E-state index in [0.29, 0.717) is 24.1 Å². The minimum absolute atomic E-state index is 0.0826. The van der Waals surface area contributed by atoms with E-state index in [-0.39, 0.29) is 11.9 Å². The quantitative estimate of drug-likeness (QED) is 0.578. The molecule has 0 atom stereocenters. The lowest BCUT2D eigenvalue weighted by Gasteiger charge is -2.23. The van der Waals surface area contributed by atoms with Gasteiger partial charge in [-0.15, -0.1) is 0 Å². The van der Waals surface area contributed by atoms with Gasteiger partial charge < -0.3 is 4.90 Å². The Morgan fingerprint density at radius 2 is 1.86 bits per heavy atom. The van der Waals surface area contributed by atoms with E-state index in [4.69, 9.17) is 0 Å². The monoisotopic (exact) mass is 390 g/mol. The Bertz CT molecular complexity index is 1030. The minimum atomic E-state index is 0.0826. The Hall–Kier alpha value is -2.69. The number of carbonyl (C=O) groups excluding carboxylic acids is 1. The summed E-state index contributed by atoms with van der Waals surface area (Å²) < 4.78 is 1.89. The van der Waals surface area contributed by atoms with Crippen molar-refractivity contribution in [3.63, 3.8) is 0 Å². The van der Waals surface area contributed by atoms with Gasteiger partial charge in [0, 0.05) is 24.3 Å². The zero-order valence-corrected chi connectivity index (χ0v) is 18.0. The summed E-state index contributed by atoms with van der Waals surface area (Å²) >= 11 is 0. The summed E-state index contributed by atoms with van der Waals surface area (Å²) in [5.74, 6) is 0.593. The van der Waals surface area contributed by atoms with Crippen LogP contribution < -0.4 is 0 Å². The zero-order chi connectivity index (χ0) is 20.7. The van der Waals surface area contributed by atoms with Crippen molar-refractivity contribution in [1.82, 2.24) is 19.7 Å². The van der Waals surface area contributed by atoms with Crippen LogP contribution in [-0.2, 0) is 6.54 Å². The van der Waals surface area contributed by atoms with E-state index in [1.807, 2.05) is 22.6 Å². The molecule has 0 bridgehead atoms. The van der Waals surface area contributed by atoms with Crippen molar-refractivity contribution in [2.45, 2.75) is 72.0 Å². The standard InChI is InChI=1S/C24H30N4O/c1-15(2)19-8-6-18(7-9-19)14-27(20-10-11-20)24(29)21-12-17(5)26-23-22(21)13-25-28(23)16(3)4/h6-9,12-13,15-16,20H,10-11,14H2,1-5H3. The molecule has 1 saturated carbocycles. The van der Waals surface area contributed by atoms with E-state index in [1.165, 1.54) is 11.1 Å². The highest BCUT2D eigenvalue weighted by atomic mass is 16.2. The molecule has 0 N–H and O–H groups in total. The maximum atomic E-state index is 13.6. The predicted molar refractivity (Wildman–Crippen MR) is 116 cm³/mol. The number of nitrogens with zero attached hydrogens (tertiary/aromatic N) is 4. The van der Waals surface area contributed by atoms with E-state index in [0.717, 1.165) is 29.6 Å². The first-order chi connectivity index (χ1) is 13.8. The average molecular weight is 391 g/mol. The summed E-state index contributed by atoms with van der Waals surface area (Å²) in [5, 5.41) is 5.34. The summed E-state index contributed by atoms with van der Waals surface area (Å²) in [6, 6.07) is 11.1. The van der Waals surface area contributed by atoms with Gasteiger partial charge in [0.15, 0.2) is 5.65 Å². The number of benzene rings is 1. The second kappa shape index (κ2) is 7.62. The fraction of sp³-hybridized carbons (Fsp3) is 0.458. The molecule has 1 aromatic carbocycles. The van der Waals surface area contributed by atoms with Crippen molar-refractivity contribution in [2.24, 2.45) is 0 Å².